The Labute approximate surface area is 133 Å². The number of ketones is 1. The average molecular weight is 377 g/mol. The number of carbonyl (C=O) groups is 1. The van der Waals surface area contributed by atoms with Crippen LogP contribution in [0.25, 0.3) is 0 Å². The summed E-state index contributed by atoms with van der Waals surface area (Å²) in [6, 6.07) is 0.896. The van der Waals surface area contributed by atoms with Crippen molar-refractivity contribution in [3.05, 3.63) is 27.1 Å². The second-order valence-corrected chi connectivity index (χ2v) is 6.13. The molecule has 0 aromatic heterocycles. The van der Waals surface area contributed by atoms with Gasteiger partial charge >= 0.3 is 21.3 Å². The van der Waals surface area contributed by atoms with E-state index in [1.807, 2.05) is 0 Å². The minimum atomic E-state index is -6.12. The van der Waals surface area contributed by atoms with E-state index in [4.69, 9.17) is 11.6 Å². The highest BCUT2D eigenvalue weighted by Crippen LogP contribution is 2.41. The summed E-state index contributed by atoms with van der Waals surface area (Å²) in [5.41, 5.74) is -7.28. The Kier molecular flexibility index (Phi) is 5.27. The summed E-state index contributed by atoms with van der Waals surface area (Å²) >= 11 is 5.80. The van der Waals surface area contributed by atoms with Crippen LogP contribution in [0.2, 0.25) is 5.02 Å². The molecule has 0 fully saturated rings. The zero-order chi connectivity index (χ0) is 18.2. The standard InChI is InChI=1S/C11H10ClF3NO6S/c1-5-8(12)4-7(6(2)17)10(9(5)16(18)21-3)22-23(19,20)11(13,14)15/h4H,1-3H3/q+1. The van der Waals surface area contributed by atoms with E-state index in [0.717, 1.165) is 20.1 Å². The third kappa shape index (κ3) is 3.72. The summed E-state index contributed by atoms with van der Waals surface area (Å²) in [4.78, 5) is 27.2. The van der Waals surface area contributed by atoms with Crippen molar-refractivity contribution in [3.63, 3.8) is 0 Å². The number of rotatable bonds is 5. The predicted octanol–water partition coefficient (Wildman–Crippen LogP) is 3.05. The molecule has 1 aromatic carbocycles. The monoisotopic (exact) mass is 376 g/mol. The number of benzene rings is 1. The highest BCUT2D eigenvalue weighted by molar-refractivity contribution is 7.88. The SMILES string of the molecule is CO[N+](=O)c1c(C)c(Cl)cc(C(C)=O)c1OS(=O)(=O)C(F)(F)F. The van der Waals surface area contributed by atoms with E-state index in [0.29, 0.717) is 0 Å². The molecule has 0 aliphatic heterocycles. The first-order chi connectivity index (χ1) is 10.3. The molecule has 0 saturated heterocycles. The van der Waals surface area contributed by atoms with Crippen molar-refractivity contribution in [2.45, 2.75) is 19.4 Å². The molecule has 1 aromatic rings. The minimum absolute atomic E-state index is 0.138. The van der Waals surface area contributed by atoms with Gasteiger partial charge in [0.15, 0.2) is 12.9 Å². The van der Waals surface area contributed by atoms with E-state index in [9.17, 15) is 31.3 Å². The number of carbonyl (C=O) groups excluding carboxylic acids is 1. The molecular weight excluding hydrogens is 367 g/mol. The van der Waals surface area contributed by atoms with E-state index in [1.54, 1.807) is 0 Å². The Morgan fingerprint density at radius 1 is 1.35 bits per heavy atom. The van der Waals surface area contributed by atoms with Crippen molar-refractivity contribution in [1.29, 1.82) is 0 Å². The number of hydrogen-bond acceptors (Lipinski definition) is 6. The fourth-order valence-electron chi connectivity index (χ4n) is 1.53. The van der Waals surface area contributed by atoms with Gasteiger partial charge in [-0.05, 0) is 19.9 Å². The summed E-state index contributed by atoms with van der Waals surface area (Å²) in [6.07, 6.45) is 0. The zero-order valence-corrected chi connectivity index (χ0v) is 13.5. The Hall–Kier alpha value is -1.88. The molecule has 0 atom stereocenters. The lowest BCUT2D eigenvalue weighted by molar-refractivity contribution is -0.737. The van der Waals surface area contributed by atoms with Crippen molar-refractivity contribution < 1.29 is 40.3 Å². The third-order valence-electron chi connectivity index (χ3n) is 2.65. The zero-order valence-electron chi connectivity index (χ0n) is 11.9. The van der Waals surface area contributed by atoms with Gasteiger partial charge in [0.2, 0.25) is 5.75 Å². The van der Waals surface area contributed by atoms with E-state index >= 15 is 0 Å². The first-order valence-corrected chi connectivity index (χ1v) is 7.48. The molecule has 0 amide bonds. The second-order valence-electron chi connectivity index (χ2n) is 4.19. The number of Topliss-reactive ketones (excluding diaryl/α,β-unsaturated/α-hetero) is 1. The van der Waals surface area contributed by atoms with Crippen molar-refractivity contribution in [2.24, 2.45) is 0 Å². The van der Waals surface area contributed by atoms with Crippen LogP contribution in [0.4, 0.5) is 18.9 Å². The molecule has 0 heterocycles. The molecule has 7 nitrogen and oxygen atoms in total. The van der Waals surface area contributed by atoms with Crippen molar-refractivity contribution in [2.75, 3.05) is 7.11 Å². The average Bonchev–Trinajstić information content (AvgIpc) is 2.40. The lowest BCUT2D eigenvalue weighted by Crippen LogP contribution is -2.29. The van der Waals surface area contributed by atoms with Gasteiger partial charge in [0.05, 0.1) is 21.1 Å². The lowest BCUT2D eigenvalue weighted by atomic mass is 10.1. The molecule has 0 saturated carbocycles. The van der Waals surface area contributed by atoms with Crippen LogP contribution in [0, 0.1) is 11.8 Å². The van der Waals surface area contributed by atoms with Crippen molar-refractivity contribution >= 4 is 33.2 Å². The van der Waals surface area contributed by atoms with Gasteiger partial charge in [-0.3, -0.25) is 4.79 Å². The largest absolute Gasteiger partial charge is 0.534 e. The molecule has 0 N–H and O–H groups in total. The minimum Gasteiger partial charge on any atom is -0.368 e. The van der Waals surface area contributed by atoms with Crippen LogP contribution in [-0.4, -0.2) is 31.7 Å². The van der Waals surface area contributed by atoms with Crippen LogP contribution in [0.15, 0.2) is 6.07 Å². The first-order valence-electron chi connectivity index (χ1n) is 5.69. The van der Waals surface area contributed by atoms with Crippen LogP contribution in [0.5, 0.6) is 5.75 Å². The Morgan fingerprint density at radius 3 is 2.26 bits per heavy atom. The Morgan fingerprint density at radius 2 is 1.87 bits per heavy atom. The molecule has 12 heteroatoms. The fraction of sp³-hybridized carbons (Fsp3) is 0.364. The second kappa shape index (κ2) is 6.32. The summed E-state index contributed by atoms with van der Waals surface area (Å²) in [5.74, 6) is -1.99. The maximum absolute atomic E-state index is 12.5. The summed E-state index contributed by atoms with van der Waals surface area (Å²) < 4.78 is 63.9. The van der Waals surface area contributed by atoms with Crippen LogP contribution in [0.3, 0.4) is 0 Å². The van der Waals surface area contributed by atoms with Crippen LogP contribution in [-0.2, 0) is 15.0 Å². The van der Waals surface area contributed by atoms with Gasteiger partial charge in [-0.1, -0.05) is 11.6 Å². The van der Waals surface area contributed by atoms with Gasteiger partial charge < -0.3 is 4.18 Å². The van der Waals surface area contributed by atoms with Crippen molar-refractivity contribution in [1.82, 2.24) is 0 Å². The van der Waals surface area contributed by atoms with E-state index in [1.165, 1.54) is 6.92 Å². The third-order valence-corrected chi connectivity index (χ3v) is 3.99. The van der Waals surface area contributed by atoms with Crippen LogP contribution < -0.4 is 4.18 Å². The van der Waals surface area contributed by atoms with Gasteiger partial charge in [0.1, 0.15) is 0 Å². The van der Waals surface area contributed by atoms with Gasteiger partial charge in [0.25, 0.3) is 4.92 Å². The number of hydrogen-bond donors (Lipinski definition) is 0. The molecule has 0 unspecified atom stereocenters. The molecule has 128 valence electrons. The summed E-state index contributed by atoms with van der Waals surface area (Å²) in [7, 11) is -5.24. The Bertz CT molecular complexity index is 775. The normalized spacial score (nSPS) is 12.0. The number of halogens is 4. The number of nitrogens with zero attached hydrogens (tertiary/aromatic N) is 1. The number of alkyl halides is 3. The van der Waals surface area contributed by atoms with Gasteiger partial charge in [0, 0.05) is 0 Å². The molecule has 0 radical (unpaired) electrons. The van der Waals surface area contributed by atoms with Crippen molar-refractivity contribution in [3.8, 4) is 5.75 Å². The molecular formula is C11H10ClF3NO6S+. The molecule has 1 rings (SSSR count). The summed E-state index contributed by atoms with van der Waals surface area (Å²) in [6.45, 7) is 2.14. The van der Waals surface area contributed by atoms with Crippen LogP contribution >= 0.6 is 11.6 Å². The molecule has 0 aliphatic rings. The summed E-state index contributed by atoms with van der Waals surface area (Å²) in [5, 5.41) is -0.167. The highest BCUT2D eigenvalue weighted by atomic mass is 35.5. The molecule has 0 spiro atoms. The lowest BCUT2D eigenvalue weighted by Gasteiger charge is -2.13. The quantitative estimate of drug-likeness (QED) is 0.339. The highest BCUT2D eigenvalue weighted by Gasteiger charge is 2.50. The molecule has 0 bridgehead atoms. The van der Waals surface area contributed by atoms with Gasteiger partial charge in [-0.15, -0.1) is 0 Å². The maximum atomic E-state index is 12.5. The van der Waals surface area contributed by atoms with E-state index < -0.39 is 38.4 Å². The fourth-order valence-corrected chi connectivity index (χ4v) is 2.21. The van der Waals surface area contributed by atoms with Gasteiger partial charge in [-0.25, -0.2) is 4.84 Å². The predicted molar refractivity (Wildman–Crippen MR) is 72.1 cm³/mol. The maximum Gasteiger partial charge on any atom is 0.534 e. The topological polar surface area (TPSA) is 89.8 Å². The van der Waals surface area contributed by atoms with Gasteiger partial charge in [-0.2, -0.15) is 21.6 Å². The molecule has 23 heavy (non-hydrogen) atoms. The smallest absolute Gasteiger partial charge is 0.368 e. The first kappa shape index (κ1) is 19.2. The molecule has 0 aliphatic carbocycles. The van der Waals surface area contributed by atoms with E-state index in [-0.39, 0.29) is 15.5 Å². The Balaban J connectivity index is 3.78. The van der Waals surface area contributed by atoms with E-state index in [2.05, 4.69) is 9.02 Å². The van der Waals surface area contributed by atoms with Crippen LogP contribution in [0.1, 0.15) is 22.8 Å².